The molecular weight excluding hydrogens is 634 g/mol. The van der Waals surface area contributed by atoms with Crippen LogP contribution >= 0.6 is 11.8 Å². The van der Waals surface area contributed by atoms with E-state index in [9.17, 15) is 24.6 Å². The molecule has 0 radical (unpaired) electrons. The summed E-state index contributed by atoms with van der Waals surface area (Å²) in [5, 5.41) is 24.7. The monoisotopic (exact) mass is 671 g/mol. The molecule has 0 unspecified atom stereocenters. The van der Waals surface area contributed by atoms with Crippen LogP contribution in [0.1, 0.15) is 58.4 Å². The minimum absolute atomic E-state index is 0.0506. The van der Waals surface area contributed by atoms with Gasteiger partial charge in [-0.3, -0.25) is 4.79 Å². The summed E-state index contributed by atoms with van der Waals surface area (Å²) in [6.45, 7) is 1.98. The first kappa shape index (κ1) is 34.6. The lowest BCUT2D eigenvalue weighted by Crippen LogP contribution is -2.38. The SMILES string of the molecule is CCOC(=O)CNC(=O)NCc1cccc(-c2ccc([C@@H]3O[C@H](CSc4ncccc4C(=O)O)C[C@H](c4ccc(CO)cc4)O3)cc2)c1. The molecule has 4 N–H and O–H groups in total. The Morgan fingerprint density at radius 1 is 0.917 bits per heavy atom. The van der Waals surface area contributed by atoms with Crippen LogP contribution in [-0.4, -0.2) is 58.2 Å². The summed E-state index contributed by atoms with van der Waals surface area (Å²) in [5.74, 6) is -1.05. The van der Waals surface area contributed by atoms with Crippen LogP contribution in [0, 0.1) is 0 Å². The highest BCUT2D eigenvalue weighted by Crippen LogP contribution is 2.40. The van der Waals surface area contributed by atoms with Gasteiger partial charge in [0, 0.05) is 30.5 Å². The Bertz CT molecular complexity index is 1700. The summed E-state index contributed by atoms with van der Waals surface area (Å²) >= 11 is 1.34. The van der Waals surface area contributed by atoms with Crippen molar-refractivity contribution in [3.05, 3.63) is 119 Å². The van der Waals surface area contributed by atoms with Gasteiger partial charge in [0.05, 0.1) is 31.0 Å². The maximum Gasteiger partial charge on any atom is 0.338 e. The number of esters is 1. The summed E-state index contributed by atoms with van der Waals surface area (Å²) in [7, 11) is 0. The van der Waals surface area contributed by atoms with Crippen molar-refractivity contribution in [1.82, 2.24) is 15.6 Å². The van der Waals surface area contributed by atoms with E-state index < -0.39 is 24.3 Å². The van der Waals surface area contributed by atoms with Gasteiger partial charge in [-0.1, -0.05) is 66.7 Å². The number of aliphatic hydroxyl groups excluding tert-OH is 1. The number of hydrogen-bond acceptors (Lipinski definition) is 9. The van der Waals surface area contributed by atoms with Gasteiger partial charge >= 0.3 is 18.0 Å². The Balaban J connectivity index is 1.27. The fourth-order valence-corrected chi connectivity index (χ4v) is 6.17. The molecule has 3 atom stereocenters. The number of hydrogen-bond donors (Lipinski definition) is 4. The third-order valence-electron chi connectivity index (χ3n) is 7.62. The Labute approximate surface area is 282 Å². The normalized spacial score (nSPS) is 17.3. The van der Waals surface area contributed by atoms with Gasteiger partial charge in [0.1, 0.15) is 11.6 Å². The standard InChI is InChI=1S/C36H37N3O8S/c1-2-45-32(41)20-39-36(44)38-19-24-5-3-6-28(17-24)25-12-14-27(15-13-25)35-46-29(22-48-33-30(34(42)43)7-4-16-37-33)18-31(47-35)26-10-8-23(21-40)9-11-26/h3-17,29,31,35,40H,2,18-22H2,1H3,(H,42,43)(H2,38,39,44)/t29-,31+,35+/m0/s1. The molecule has 1 aromatic heterocycles. The molecule has 1 fully saturated rings. The van der Waals surface area contributed by atoms with Crippen molar-refractivity contribution >= 4 is 29.7 Å². The molecule has 2 amide bonds. The Morgan fingerprint density at radius 3 is 2.42 bits per heavy atom. The zero-order valence-corrected chi connectivity index (χ0v) is 27.2. The number of ether oxygens (including phenoxy) is 3. The zero-order chi connectivity index (χ0) is 33.9. The average Bonchev–Trinajstić information content (AvgIpc) is 3.12. The van der Waals surface area contributed by atoms with E-state index >= 15 is 0 Å². The van der Waals surface area contributed by atoms with Crippen molar-refractivity contribution in [3.63, 3.8) is 0 Å². The van der Waals surface area contributed by atoms with Gasteiger partial charge in [0.2, 0.25) is 0 Å². The van der Waals surface area contributed by atoms with Crippen LogP contribution in [0.4, 0.5) is 4.79 Å². The molecule has 12 heteroatoms. The van der Waals surface area contributed by atoms with Crippen LogP contribution in [0.3, 0.4) is 0 Å². The molecule has 4 aromatic rings. The number of benzene rings is 3. The summed E-state index contributed by atoms with van der Waals surface area (Å²) in [5.41, 5.74) is 5.54. The number of amides is 2. The predicted molar refractivity (Wildman–Crippen MR) is 179 cm³/mol. The van der Waals surface area contributed by atoms with Gasteiger partial charge < -0.3 is 35.1 Å². The van der Waals surface area contributed by atoms with Gasteiger partial charge in [-0.25, -0.2) is 14.6 Å². The van der Waals surface area contributed by atoms with Crippen LogP contribution in [0.5, 0.6) is 0 Å². The lowest BCUT2D eigenvalue weighted by Gasteiger charge is -2.36. The van der Waals surface area contributed by atoms with Crippen molar-refractivity contribution in [2.45, 2.75) is 50.0 Å². The second-order valence-corrected chi connectivity index (χ2v) is 12.0. The molecule has 11 nitrogen and oxygen atoms in total. The highest BCUT2D eigenvalue weighted by molar-refractivity contribution is 7.99. The van der Waals surface area contributed by atoms with E-state index in [1.165, 1.54) is 17.8 Å². The third-order valence-corrected chi connectivity index (χ3v) is 8.75. The number of nitrogens with zero attached hydrogens (tertiary/aromatic N) is 1. The number of aliphatic hydroxyl groups is 1. The number of thioether (sulfide) groups is 1. The molecule has 0 aliphatic carbocycles. The van der Waals surface area contributed by atoms with Gasteiger partial charge in [-0.05, 0) is 52.9 Å². The number of carboxylic acid groups (broad SMARTS) is 1. The average molecular weight is 672 g/mol. The summed E-state index contributed by atoms with van der Waals surface area (Å²) < 4.78 is 17.7. The van der Waals surface area contributed by atoms with E-state index in [0.29, 0.717) is 17.2 Å². The second kappa shape index (κ2) is 16.9. The number of nitrogens with one attached hydrogen (secondary N) is 2. The topological polar surface area (TPSA) is 156 Å². The highest BCUT2D eigenvalue weighted by atomic mass is 32.2. The van der Waals surface area contributed by atoms with Crippen molar-refractivity contribution in [2.24, 2.45) is 0 Å². The Morgan fingerprint density at radius 2 is 1.69 bits per heavy atom. The largest absolute Gasteiger partial charge is 0.478 e. The van der Waals surface area contributed by atoms with Crippen LogP contribution < -0.4 is 10.6 Å². The number of pyridine rings is 1. The van der Waals surface area contributed by atoms with E-state index in [0.717, 1.165) is 33.4 Å². The Kier molecular flexibility index (Phi) is 12.2. The lowest BCUT2D eigenvalue weighted by atomic mass is 9.99. The van der Waals surface area contributed by atoms with E-state index in [2.05, 4.69) is 15.6 Å². The van der Waals surface area contributed by atoms with Crippen molar-refractivity contribution in [3.8, 4) is 11.1 Å². The number of aromatic nitrogens is 1. The fraction of sp³-hybridized carbons (Fsp3) is 0.278. The predicted octanol–water partition coefficient (Wildman–Crippen LogP) is 5.64. The molecule has 0 spiro atoms. The van der Waals surface area contributed by atoms with Gasteiger partial charge in [-0.15, -0.1) is 11.8 Å². The maximum absolute atomic E-state index is 12.1. The zero-order valence-electron chi connectivity index (χ0n) is 26.3. The number of aromatic carboxylic acids is 1. The lowest BCUT2D eigenvalue weighted by molar-refractivity contribution is -0.245. The molecule has 0 saturated carbocycles. The van der Waals surface area contributed by atoms with E-state index in [4.69, 9.17) is 14.2 Å². The molecular formula is C36H37N3O8S. The van der Waals surface area contributed by atoms with Gasteiger partial charge in [0.15, 0.2) is 6.29 Å². The molecule has 3 aromatic carbocycles. The summed E-state index contributed by atoms with van der Waals surface area (Å²) in [6, 6.07) is 26.0. The molecule has 2 heterocycles. The first-order chi connectivity index (χ1) is 23.3. The first-order valence-corrected chi connectivity index (χ1v) is 16.5. The maximum atomic E-state index is 12.1. The third kappa shape index (κ3) is 9.41. The van der Waals surface area contributed by atoms with E-state index in [-0.39, 0.29) is 44.1 Å². The smallest absolute Gasteiger partial charge is 0.338 e. The molecule has 0 bridgehead atoms. The molecule has 250 valence electrons. The molecule has 1 aliphatic heterocycles. The van der Waals surface area contributed by atoms with Crippen LogP contribution in [0.15, 0.2) is 96.2 Å². The minimum Gasteiger partial charge on any atom is -0.478 e. The number of carbonyl (C=O) groups is 3. The minimum atomic E-state index is -1.03. The van der Waals surface area contributed by atoms with Crippen molar-refractivity contribution in [1.29, 1.82) is 0 Å². The molecule has 1 saturated heterocycles. The van der Waals surface area contributed by atoms with Gasteiger partial charge in [-0.2, -0.15) is 0 Å². The van der Waals surface area contributed by atoms with E-state index in [1.807, 2.05) is 72.8 Å². The molecule has 5 rings (SSSR count). The number of urea groups is 1. The fourth-order valence-electron chi connectivity index (χ4n) is 5.17. The van der Waals surface area contributed by atoms with Crippen LogP contribution in [0.2, 0.25) is 0 Å². The number of rotatable bonds is 13. The second-order valence-electron chi connectivity index (χ2n) is 11.0. The summed E-state index contributed by atoms with van der Waals surface area (Å²) in [6.07, 6.45) is 0.901. The first-order valence-electron chi connectivity index (χ1n) is 15.5. The molecule has 48 heavy (non-hydrogen) atoms. The van der Waals surface area contributed by atoms with Crippen molar-refractivity contribution in [2.75, 3.05) is 18.9 Å². The van der Waals surface area contributed by atoms with E-state index in [1.54, 1.807) is 19.2 Å². The molecule has 1 aliphatic rings. The number of carboxylic acids is 1. The summed E-state index contributed by atoms with van der Waals surface area (Å²) in [4.78, 5) is 39.6. The van der Waals surface area contributed by atoms with Crippen molar-refractivity contribution < 1.29 is 38.8 Å². The highest BCUT2D eigenvalue weighted by Gasteiger charge is 2.32. The van der Waals surface area contributed by atoms with Crippen LogP contribution in [-0.2, 0) is 32.2 Å². The van der Waals surface area contributed by atoms with Gasteiger partial charge in [0.25, 0.3) is 0 Å². The quantitative estimate of drug-likeness (QED) is 0.104. The Hall–Kier alpha value is -4.75. The number of carbonyl (C=O) groups excluding carboxylic acids is 2. The van der Waals surface area contributed by atoms with Crippen LogP contribution in [0.25, 0.3) is 11.1 Å².